The molecule has 0 N–H and O–H groups in total. The van der Waals surface area contributed by atoms with Crippen LogP contribution in [0, 0.1) is 0 Å². The molecule has 0 fully saturated rings. The Hall–Kier alpha value is -8.15. The zero-order valence-electron chi connectivity index (χ0n) is 32.2. The van der Waals surface area contributed by atoms with E-state index >= 15 is 0 Å². The molecule has 0 aliphatic carbocycles. The second-order valence-corrected chi connectivity index (χ2v) is 15.2. The van der Waals surface area contributed by atoms with Crippen LogP contribution in [0.5, 0.6) is 0 Å². The number of nitrogens with zero attached hydrogens (tertiary/aromatic N) is 3. The van der Waals surface area contributed by atoms with Crippen molar-refractivity contribution in [2.24, 2.45) is 0 Å². The summed E-state index contributed by atoms with van der Waals surface area (Å²) in [7, 11) is 0. The maximum absolute atomic E-state index is 6.24. The van der Waals surface area contributed by atoms with E-state index in [1.165, 1.54) is 0 Å². The number of furan rings is 2. The first-order valence-electron chi connectivity index (χ1n) is 20.1. The summed E-state index contributed by atoms with van der Waals surface area (Å²) in [5.74, 6) is 0.638. The topological polar surface area (TPSA) is 65.0 Å². The number of hydrogen-bond acceptors (Lipinski definition) is 5. The Labute approximate surface area is 344 Å². The molecule has 12 aromatic rings. The van der Waals surface area contributed by atoms with Gasteiger partial charge in [0, 0.05) is 56.2 Å². The quantitative estimate of drug-likeness (QED) is 0.169. The second-order valence-electron chi connectivity index (χ2n) is 15.2. The molecule has 0 radical (unpaired) electrons. The van der Waals surface area contributed by atoms with E-state index in [4.69, 9.17) is 18.8 Å². The molecule has 12 rings (SSSR count). The highest BCUT2D eigenvalue weighted by molar-refractivity contribution is 6.08. The minimum atomic E-state index is 0.638. The van der Waals surface area contributed by atoms with Gasteiger partial charge >= 0.3 is 0 Å². The first kappa shape index (κ1) is 33.9. The summed E-state index contributed by atoms with van der Waals surface area (Å²) in [6.07, 6.45) is 3.73. The third-order valence-corrected chi connectivity index (χ3v) is 11.6. The van der Waals surface area contributed by atoms with Crippen molar-refractivity contribution in [3.63, 3.8) is 0 Å². The Morgan fingerprint density at radius 2 is 0.833 bits per heavy atom. The van der Waals surface area contributed by atoms with Gasteiger partial charge in [0.1, 0.15) is 22.3 Å². The van der Waals surface area contributed by atoms with Crippen molar-refractivity contribution in [1.82, 2.24) is 15.0 Å². The molecule has 5 heteroatoms. The summed E-state index contributed by atoms with van der Waals surface area (Å²) >= 11 is 0. The van der Waals surface area contributed by atoms with Gasteiger partial charge in [-0.25, -0.2) is 9.97 Å². The van der Waals surface area contributed by atoms with Crippen molar-refractivity contribution >= 4 is 54.6 Å². The molecule has 280 valence electrons. The van der Waals surface area contributed by atoms with Gasteiger partial charge in [0.05, 0.1) is 11.4 Å². The Morgan fingerprint density at radius 3 is 1.48 bits per heavy atom. The third-order valence-electron chi connectivity index (χ3n) is 11.6. The average Bonchev–Trinajstić information content (AvgIpc) is 3.89. The molecule has 0 aliphatic heterocycles. The van der Waals surface area contributed by atoms with Crippen LogP contribution < -0.4 is 0 Å². The van der Waals surface area contributed by atoms with Crippen molar-refractivity contribution in [3.05, 3.63) is 200 Å². The number of aromatic nitrogens is 3. The fourth-order valence-corrected chi connectivity index (χ4v) is 8.68. The van der Waals surface area contributed by atoms with Gasteiger partial charge in [-0.3, -0.25) is 4.98 Å². The molecule has 0 spiro atoms. The van der Waals surface area contributed by atoms with E-state index in [1.54, 1.807) is 0 Å². The Morgan fingerprint density at radius 1 is 0.300 bits per heavy atom. The van der Waals surface area contributed by atoms with Gasteiger partial charge in [-0.1, -0.05) is 121 Å². The zero-order valence-corrected chi connectivity index (χ0v) is 32.2. The molecule has 0 unspecified atom stereocenters. The van der Waals surface area contributed by atoms with Gasteiger partial charge in [0.25, 0.3) is 0 Å². The highest BCUT2D eigenvalue weighted by Crippen LogP contribution is 2.40. The van der Waals surface area contributed by atoms with Crippen LogP contribution in [0.1, 0.15) is 0 Å². The molecule has 60 heavy (non-hydrogen) atoms. The molecular weight excluding hydrogens is 735 g/mol. The maximum atomic E-state index is 6.24. The van der Waals surface area contributed by atoms with Crippen molar-refractivity contribution in [2.45, 2.75) is 0 Å². The Kier molecular flexibility index (Phi) is 7.78. The molecule has 4 aromatic heterocycles. The molecule has 0 atom stereocenters. The molecule has 0 amide bonds. The predicted molar refractivity (Wildman–Crippen MR) is 245 cm³/mol. The van der Waals surface area contributed by atoms with Gasteiger partial charge in [-0.15, -0.1) is 0 Å². The van der Waals surface area contributed by atoms with Crippen molar-refractivity contribution in [3.8, 4) is 67.3 Å². The molecule has 0 saturated heterocycles. The van der Waals surface area contributed by atoms with Crippen LogP contribution in [0.25, 0.3) is 122 Å². The number of pyridine rings is 1. The number of benzene rings is 8. The van der Waals surface area contributed by atoms with Crippen molar-refractivity contribution in [1.29, 1.82) is 0 Å². The van der Waals surface area contributed by atoms with E-state index < -0.39 is 0 Å². The van der Waals surface area contributed by atoms with E-state index in [9.17, 15) is 0 Å². The monoisotopic (exact) mass is 767 g/mol. The lowest BCUT2D eigenvalue weighted by Crippen LogP contribution is -1.97. The summed E-state index contributed by atoms with van der Waals surface area (Å²) in [6.45, 7) is 0. The lowest BCUT2D eigenvalue weighted by Gasteiger charge is -2.15. The van der Waals surface area contributed by atoms with E-state index in [0.29, 0.717) is 5.82 Å². The Balaban J connectivity index is 1.09. The first-order valence-corrected chi connectivity index (χ1v) is 20.1. The smallest absolute Gasteiger partial charge is 0.160 e. The van der Waals surface area contributed by atoms with E-state index in [2.05, 4.69) is 157 Å². The van der Waals surface area contributed by atoms with Gasteiger partial charge in [0.2, 0.25) is 0 Å². The van der Waals surface area contributed by atoms with E-state index in [-0.39, 0.29) is 0 Å². The lowest BCUT2D eigenvalue weighted by atomic mass is 9.93. The van der Waals surface area contributed by atoms with Crippen molar-refractivity contribution in [2.75, 3.05) is 0 Å². The molecule has 8 aromatic carbocycles. The molecular formula is C55H33N3O2. The lowest BCUT2D eigenvalue weighted by molar-refractivity contribution is 0.668. The molecule has 5 nitrogen and oxygen atoms in total. The normalized spacial score (nSPS) is 11.7. The number of hydrogen-bond donors (Lipinski definition) is 0. The predicted octanol–water partition coefficient (Wildman–Crippen LogP) is 14.8. The van der Waals surface area contributed by atoms with Crippen LogP contribution in [0.2, 0.25) is 0 Å². The van der Waals surface area contributed by atoms with Crippen LogP contribution in [0.3, 0.4) is 0 Å². The molecule has 0 bridgehead atoms. The average molecular weight is 768 g/mol. The van der Waals surface area contributed by atoms with Gasteiger partial charge < -0.3 is 8.83 Å². The summed E-state index contributed by atoms with van der Waals surface area (Å²) < 4.78 is 12.5. The SMILES string of the molecule is c1ccc(-c2cc(-c3cccc4c(-c5cccnc5)cccc34)nc(-c3cc(-c4ccc5oc6ccccc6c5c4)cc(-c4ccc5oc6ccccc6c5c4)c3)n2)cc1. The summed E-state index contributed by atoms with van der Waals surface area (Å²) in [5, 5.41) is 6.58. The van der Waals surface area contributed by atoms with E-state index in [0.717, 1.165) is 116 Å². The second kappa shape index (κ2) is 13.8. The van der Waals surface area contributed by atoms with Gasteiger partial charge in [-0.2, -0.15) is 0 Å². The fraction of sp³-hybridized carbons (Fsp3) is 0. The van der Waals surface area contributed by atoms with Crippen LogP contribution in [-0.4, -0.2) is 15.0 Å². The number of rotatable bonds is 6. The van der Waals surface area contributed by atoms with Crippen LogP contribution >= 0.6 is 0 Å². The highest BCUT2D eigenvalue weighted by atomic mass is 16.3. The number of fused-ring (bicyclic) bond motifs is 7. The van der Waals surface area contributed by atoms with Crippen LogP contribution in [0.4, 0.5) is 0 Å². The van der Waals surface area contributed by atoms with E-state index in [1.807, 2.05) is 48.8 Å². The summed E-state index contributed by atoms with van der Waals surface area (Å²) in [4.78, 5) is 15.2. The maximum Gasteiger partial charge on any atom is 0.160 e. The minimum absolute atomic E-state index is 0.638. The summed E-state index contributed by atoms with van der Waals surface area (Å²) in [5.41, 5.74) is 14.6. The van der Waals surface area contributed by atoms with Crippen LogP contribution in [-0.2, 0) is 0 Å². The fourth-order valence-electron chi connectivity index (χ4n) is 8.68. The molecule has 4 heterocycles. The molecule has 0 saturated carbocycles. The largest absolute Gasteiger partial charge is 0.456 e. The first-order chi connectivity index (χ1) is 29.7. The molecule has 0 aliphatic rings. The van der Waals surface area contributed by atoms with Crippen LogP contribution in [0.15, 0.2) is 209 Å². The van der Waals surface area contributed by atoms with Gasteiger partial charge in [0.15, 0.2) is 5.82 Å². The third kappa shape index (κ3) is 5.75. The zero-order chi connectivity index (χ0) is 39.6. The van der Waals surface area contributed by atoms with Gasteiger partial charge in [-0.05, 0) is 105 Å². The minimum Gasteiger partial charge on any atom is -0.456 e. The number of para-hydroxylation sites is 2. The standard InChI is InChI=1S/C55H33N3O2/c1-2-11-34(12-3-1)49-32-50(44-19-9-17-42-41(16-8-18-43(42)44)37-13-10-26-56-33-37)58-55(57-49)40-28-38(35-22-24-53-47(30-35)45-14-4-6-20-51(45)59-53)27-39(29-40)36-23-25-54-48(31-36)46-15-5-7-21-52(46)60-54/h1-33H. The highest BCUT2D eigenvalue weighted by Gasteiger charge is 2.18. The Bertz CT molecular complexity index is 3470. The van der Waals surface area contributed by atoms with Crippen molar-refractivity contribution < 1.29 is 8.83 Å². The summed E-state index contributed by atoms with van der Waals surface area (Å²) in [6, 6.07) is 65.5.